The molecule has 0 fully saturated rings. The average molecular weight is 296 g/mol. The maximum absolute atomic E-state index is 11.4. The van der Waals surface area contributed by atoms with E-state index in [4.69, 9.17) is 0 Å². The van der Waals surface area contributed by atoms with Gasteiger partial charge in [-0.25, -0.2) is 0 Å². The number of carbonyl (C=O) groups is 1. The first-order chi connectivity index (χ1) is 10.3. The highest BCUT2D eigenvalue weighted by molar-refractivity contribution is 6.03. The molecule has 1 aromatic rings. The number of benzene rings is 1. The van der Waals surface area contributed by atoms with E-state index in [2.05, 4.69) is 12.7 Å². The van der Waals surface area contributed by atoms with Gasteiger partial charge in [0, 0.05) is 0 Å². The zero-order valence-electron chi connectivity index (χ0n) is 14.0. The van der Waals surface area contributed by atoms with E-state index in [9.17, 15) is 9.90 Å². The van der Waals surface area contributed by atoms with Crippen molar-refractivity contribution >= 4 is 11.9 Å². The fourth-order valence-corrected chi connectivity index (χ4v) is 2.30. The molecule has 22 heavy (non-hydrogen) atoms. The second kappa shape index (κ2) is 7.60. The van der Waals surface area contributed by atoms with E-state index in [1.54, 1.807) is 24.3 Å². The molecule has 1 aromatic carbocycles. The van der Waals surface area contributed by atoms with Gasteiger partial charge < -0.3 is 5.11 Å². The predicted octanol–water partition coefficient (Wildman–Crippen LogP) is 5.06. The van der Waals surface area contributed by atoms with Crippen LogP contribution in [0.15, 0.2) is 53.7 Å². The van der Waals surface area contributed by atoms with E-state index in [1.807, 2.05) is 40.7 Å². The summed E-state index contributed by atoms with van der Waals surface area (Å²) in [5.74, 6) is 0.365. The molecule has 1 aliphatic carbocycles. The molecule has 0 atom stereocenters. The Kier molecular flexibility index (Phi) is 6.11. The Balaban J connectivity index is 0.000000745. The number of aryl methyl sites for hydroxylation is 2. The molecule has 0 saturated heterocycles. The SMILES string of the molecule is C=CC.CC1=CC(=O)C=C(C)C1=Cc1cc(C)c(O)cc1C. The van der Waals surface area contributed by atoms with Crippen molar-refractivity contribution < 1.29 is 9.90 Å². The summed E-state index contributed by atoms with van der Waals surface area (Å²) in [4.78, 5) is 11.4. The van der Waals surface area contributed by atoms with E-state index in [0.717, 1.165) is 33.4 Å². The van der Waals surface area contributed by atoms with Gasteiger partial charge in [-0.3, -0.25) is 4.79 Å². The fourth-order valence-electron chi connectivity index (χ4n) is 2.30. The quantitative estimate of drug-likeness (QED) is 0.735. The summed E-state index contributed by atoms with van der Waals surface area (Å²) in [5, 5.41) is 9.68. The van der Waals surface area contributed by atoms with Gasteiger partial charge in [-0.2, -0.15) is 0 Å². The summed E-state index contributed by atoms with van der Waals surface area (Å²) in [6, 6.07) is 3.74. The van der Waals surface area contributed by atoms with Crippen LogP contribution >= 0.6 is 0 Å². The van der Waals surface area contributed by atoms with Gasteiger partial charge in [0.2, 0.25) is 0 Å². The van der Waals surface area contributed by atoms with Crippen molar-refractivity contribution in [1.82, 2.24) is 0 Å². The molecule has 1 N–H and O–H groups in total. The summed E-state index contributed by atoms with van der Waals surface area (Å²) in [7, 11) is 0. The molecule has 0 radical (unpaired) electrons. The number of hydrogen-bond donors (Lipinski definition) is 1. The number of allylic oxidation sites excluding steroid dienone is 6. The van der Waals surface area contributed by atoms with Crippen molar-refractivity contribution in [3.63, 3.8) is 0 Å². The van der Waals surface area contributed by atoms with Crippen molar-refractivity contribution in [1.29, 1.82) is 0 Å². The highest BCUT2D eigenvalue weighted by Gasteiger charge is 2.12. The Bertz CT molecular complexity index is 662. The number of phenolic OH excluding ortho intramolecular Hbond substituents is 1. The molecule has 0 bridgehead atoms. The molecule has 0 amide bonds. The van der Waals surface area contributed by atoms with Crippen LogP contribution in [0.5, 0.6) is 5.75 Å². The maximum atomic E-state index is 11.4. The highest BCUT2D eigenvalue weighted by Crippen LogP contribution is 2.29. The molecule has 2 heteroatoms. The van der Waals surface area contributed by atoms with Crippen LogP contribution in [0.3, 0.4) is 0 Å². The van der Waals surface area contributed by atoms with Crippen LogP contribution in [0.4, 0.5) is 0 Å². The maximum Gasteiger partial charge on any atom is 0.179 e. The number of carbonyl (C=O) groups excluding carboxylic acids is 1. The van der Waals surface area contributed by atoms with Gasteiger partial charge in [-0.15, -0.1) is 6.58 Å². The predicted molar refractivity (Wildman–Crippen MR) is 93.9 cm³/mol. The minimum absolute atomic E-state index is 0.0470. The first kappa shape index (κ1) is 17.7. The summed E-state index contributed by atoms with van der Waals surface area (Å²) in [5.41, 5.74) is 5.99. The Morgan fingerprint density at radius 2 is 1.50 bits per heavy atom. The third-order valence-corrected chi connectivity index (χ3v) is 3.45. The van der Waals surface area contributed by atoms with Crippen LogP contribution in [0, 0.1) is 13.8 Å². The second-order valence-electron chi connectivity index (χ2n) is 5.52. The number of phenols is 1. The van der Waals surface area contributed by atoms with Gasteiger partial charge >= 0.3 is 0 Å². The second-order valence-corrected chi connectivity index (χ2v) is 5.52. The molecule has 0 spiro atoms. The molecule has 0 aliphatic heterocycles. The number of hydrogen-bond acceptors (Lipinski definition) is 2. The minimum atomic E-state index is 0.0470. The number of ketones is 1. The van der Waals surface area contributed by atoms with Crippen LogP contribution in [0.25, 0.3) is 6.08 Å². The van der Waals surface area contributed by atoms with Crippen LogP contribution in [-0.2, 0) is 4.79 Å². The Morgan fingerprint density at radius 3 is 2.00 bits per heavy atom. The molecular formula is C20H24O2. The number of rotatable bonds is 1. The molecule has 1 aliphatic rings. The van der Waals surface area contributed by atoms with E-state index < -0.39 is 0 Å². The lowest BCUT2D eigenvalue weighted by atomic mass is 9.90. The summed E-state index contributed by atoms with van der Waals surface area (Å²) in [6.07, 6.45) is 7.13. The van der Waals surface area contributed by atoms with E-state index in [-0.39, 0.29) is 5.78 Å². The first-order valence-electron chi connectivity index (χ1n) is 7.30. The van der Waals surface area contributed by atoms with Gasteiger partial charge in [0.25, 0.3) is 0 Å². The van der Waals surface area contributed by atoms with Crippen LogP contribution < -0.4 is 0 Å². The van der Waals surface area contributed by atoms with Crippen molar-refractivity contribution in [3.8, 4) is 5.75 Å². The molecule has 2 nitrogen and oxygen atoms in total. The molecule has 0 unspecified atom stereocenters. The lowest BCUT2D eigenvalue weighted by Crippen LogP contribution is -2.02. The summed E-state index contributed by atoms with van der Waals surface area (Å²) >= 11 is 0. The van der Waals surface area contributed by atoms with Crippen molar-refractivity contribution in [3.05, 3.63) is 70.3 Å². The highest BCUT2D eigenvalue weighted by atomic mass is 16.3. The Morgan fingerprint density at radius 1 is 1.00 bits per heavy atom. The molecule has 0 heterocycles. The largest absolute Gasteiger partial charge is 0.508 e. The molecule has 2 rings (SSSR count). The lowest BCUT2D eigenvalue weighted by Gasteiger charge is -2.14. The van der Waals surface area contributed by atoms with Crippen LogP contribution in [0.1, 0.15) is 37.5 Å². The molecule has 0 aromatic heterocycles. The lowest BCUT2D eigenvalue weighted by molar-refractivity contribution is -0.110. The first-order valence-corrected chi connectivity index (χ1v) is 7.30. The van der Waals surface area contributed by atoms with Crippen molar-refractivity contribution in [2.45, 2.75) is 34.6 Å². The van der Waals surface area contributed by atoms with Gasteiger partial charge in [-0.1, -0.05) is 6.08 Å². The van der Waals surface area contributed by atoms with E-state index >= 15 is 0 Å². The number of aromatic hydroxyl groups is 1. The van der Waals surface area contributed by atoms with E-state index in [1.165, 1.54) is 0 Å². The van der Waals surface area contributed by atoms with Gasteiger partial charge in [0.05, 0.1) is 0 Å². The zero-order valence-corrected chi connectivity index (χ0v) is 14.0. The molecule has 0 saturated carbocycles. The van der Waals surface area contributed by atoms with Crippen molar-refractivity contribution in [2.24, 2.45) is 0 Å². The minimum Gasteiger partial charge on any atom is -0.508 e. The Hall–Kier alpha value is -2.35. The molecular weight excluding hydrogens is 272 g/mol. The van der Waals surface area contributed by atoms with E-state index in [0.29, 0.717) is 5.75 Å². The summed E-state index contributed by atoms with van der Waals surface area (Å²) < 4.78 is 0. The summed E-state index contributed by atoms with van der Waals surface area (Å²) in [6.45, 7) is 13.0. The molecule has 116 valence electrons. The van der Waals surface area contributed by atoms with Crippen LogP contribution in [-0.4, -0.2) is 10.9 Å². The monoisotopic (exact) mass is 296 g/mol. The standard InChI is InChI=1S/C17H18O2.C3H6/c1-10-8-17(19)13(4)5-14(10)9-16-11(2)6-15(18)7-12(16)3;1-3-2/h5-9,19H,1-4H3;3H,1H2,2H3. The van der Waals surface area contributed by atoms with Gasteiger partial charge in [-0.05, 0) is 98.4 Å². The van der Waals surface area contributed by atoms with Crippen molar-refractivity contribution in [2.75, 3.05) is 0 Å². The van der Waals surface area contributed by atoms with Crippen LogP contribution in [0.2, 0.25) is 0 Å². The third kappa shape index (κ3) is 4.32. The Labute approximate surface area is 133 Å². The normalized spacial score (nSPS) is 13.7. The smallest absolute Gasteiger partial charge is 0.179 e. The third-order valence-electron chi connectivity index (χ3n) is 3.45. The zero-order chi connectivity index (χ0) is 16.9. The average Bonchev–Trinajstić information content (AvgIpc) is 2.40. The van der Waals surface area contributed by atoms with Gasteiger partial charge in [0.15, 0.2) is 5.78 Å². The van der Waals surface area contributed by atoms with Gasteiger partial charge in [0.1, 0.15) is 5.75 Å². The topological polar surface area (TPSA) is 37.3 Å². The fraction of sp³-hybridized carbons (Fsp3) is 0.250.